The fraction of sp³-hybridized carbons (Fsp3) is 0.447. The molecule has 2 aliphatic rings. The molecule has 0 atom stereocenters. The van der Waals surface area contributed by atoms with Crippen molar-refractivity contribution in [1.82, 2.24) is 25.4 Å². The fourth-order valence-corrected chi connectivity index (χ4v) is 8.92. The summed E-state index contributed by atoms with van der Waals surface area (Å²) in [6.45, 7) is 14.0. The molecule has 3 aromatic carbocycles. The van der Waals surface area contributed by atoms with Crippen LogP contribution >= 0.6 is 11.3 Å². The molecule has 13 nitrogen and oxygen atoms in total. The lowest BCUT2D eigenvalue weighted by Gasteiger charge is -2.36. The summed E-state index contributed by atoms with van der Waals surface area (Å²) in [5, 5.41) is 11.7. The lowest BCUT2D eigenvalue weighted by atomic mass is 10.0. The number of ether oxygens (including phenoxy) is 4. The number of hydrogen-bond acceptors (Lipinski definition) is 13. The van der Waals surface area contributed by atoms with Gasteiger partial charge < -0.3 is 39.8 Å². The number of nitrogens with zero attached hydrogens (tertiary/aromatic N) is 6. The molecule has 1 saturated carbocycles. The van der Waals surface area contributed by atoms with E-state index in [4.69, 9.17) is 24.7 Å². The number of anilines is 3. The molecule has 7 rings (SSSR count). The number of carbonyl (C=O) groups excluding carboxylic acids is 1. The first-order chi connectivity index (χ1) is 29.5. The number of carbonyl (C=O) groups is 1. The minimum atomic E-state index is -0.566. The van der Waals surface area contributed by atoms with E-state index in [1.54, 1.807) is 18.4 Å². The van der Waals surface area contributed by atoms with Gasteiger partial charge in [-0.05, 0) is 100 Å². The molecule has 0 bridgehead atoms. The van der Waals surface area contributed by atoms with Gasteiger partial charge in [0.2, 0.25) is 0 Å². The van der Waals surface area contributed by atoms with Gasteiger partial charge in [0, 0.05) is 70.2 Å². The van der Waals surface area contributed by atoms with E-state index in [0.717, 1.165) is 98.0 Å². The Balaban J connectivity index is 0.938. The van der Waals surface area contributed by atoms with E-state index < -0.39 is 11.7 Å². The number of para-hydroxylation sites is 1. The summed E-state index contributed by atoms with van der Waals surface area (Å²) in [7, 11) is 1.60. The predicted octanol–water partition coefficient (Wildman–Crippen LogP) is 8.71. The highest BCUT2D eigenvalue weighted by Gasteiger charge is 2.26. The molecule has 5 aromatic rings. The number of thiazole rings is 1. The van der Waals surface area contributed by atoms with Crippen molar-refractivity contribution < 1.29 is 23.7 Å². The lowest BCUT2D eigenvalue weighted by Crippen LogP contribution is -2.46. The van der Waals surface area contributed by atoms with Gasteiger partial charge in [-0.1, -0.05) is 49.2 Å². The topological polar surface area (TPSA) is 140 Å². The van der Waals surface area contributed by atoms with Crippen molar-refractivity contribution in [2.75, 3.05) is 68.8 Å². The number of aromatic nitrogens is 3. The molecule has 1 aliphatic carbocycles. The highest BCUT2D eigenvalue weighted by Crippen LogP contribution is 2.37. The Morgan fingerprint density at radius 1 is 0.967 bits per heavy atom. The Morgan fingerprint density at radius 3 is 2.46 bits per heavy atom. The number of benzene rings is 3. The van der Waals surface area contributed by atoms with Crippen LogP contribution in [0.1, 0.15) is 69.7 Å². The number of nitrogens with one attached hydrogen (secondary N) is 1. The van der Waals surface area contributed by atoms with Crippen molar-refractivity contribution >= 4 is 34.6 Å². The highest BCUT2D eigenvalue weighted by molar-refractivity contribution is 7.13. The van der Waals surface area contributed by atoms with Gasteiger partial charge in [0.1, 0.15) is 17.1 Å². The summed E-state index contributed by atoms with van der Waals surface area (Å²) < 4.78 is 22.8. The molecule has 3 N–H and O–H groups in total. The molecule has 1 amide bonds. The summed E-state index contributed by atoms with van der Waals surface area (Å²) in [5.41, 5.74) is 15.8. The molecule has 0 radical (unpaired) electrons. The second kappa shape index (κ2) is 20.4. The second-order valence-electron chi connectivity index (χ2n) is 16.8. The van der Waals surface area contributed by atoms with Crippen LogP contribution in [0.5, 0.6) is 11.5 Å². The Morgan fingerprint density at radius 2 is 1.74 bits per heavy atom. The van der Waals surface area contributed by atoms with Crippen LogP contribution in [-0.2, 0) is 22.6 Å². The van der Waals surface area contributed by atoms with Crippen LogP contribution in [0.15, 0.2) is 78.3 Å². The van der Waals surface area contributed by atoms with Crippen LogP contribution in [0.25, 0.3) is 21.7 Å². The van der Waals surface area contributed by atoms with Gasteiger partial charge in [-0.3, -0.25) is 4.90 Å². The van der Waals surface area contributed by atoms with Gasteiger partial charge in [-0.25, -0.2) is 9.78 Å². The van der Waals surface area contributed by atoms with Gasteiger partial charge in [-0.15, -0.1) is 21.5 Å². The number of hydrogen-bond donors (Lipinski definition) is 2. The van der Waals surface area contributed by atoms with E-state index in [1.807, 2.05) is 56.6 Å². The molecular formula is C47H60N8O5S. The first kappa shape index (κ1) is 43.6. The third-order valence-electron chi connectivity index (χ3n) is 11.1. The highest BCUT2D eigenvalue weighted by atomic mass is 32.1. The van der Waals surface area contributed by atoms with Gasteiger partial charge in [0.05, 0.1) is 34.1 Å². The smallest absolute Gasteiger partial charge is 0.407 e. The summed E-state index contributed by atoms with van der Waals surface area (Å²) >= 11 is 1.66. The predicted molar refractivity (Wildman–Crippen MR) is 243 cm³/mol. The molecule has 61 heavy (non-hydrogen) atoms. The van der Waals surface area contributed by atoms with Crippen molar-refractivity contribution in [3.8, 4) is 33.2 Å². The van der Waals surface area contributed by atoms with Crippen molar-refractivity contribution in [2.24, 2.45) is 0 Å². The standard InChI is InChI=1S/C47H60N8O5S/c1-33-44(61-31-50-33)35-17-18-36(29-49-46(56)60-47(2,3)4)41(27-35)55(37-11-6-7-12-37)21-10-26-58-38-19-15-34(16-20-38)30-53-22-24-54(25-23-53)42-28-40(51-52-45(42)48)39-13-8-9-14-43(39)59-32-57-5/h8-9,13-20,27-28,31,37H,6-7,10-12,21-26,29-30,32H2,1-5H3,(H2,48,52)(H,49,56). The molecule has 3 heterocycles. The Hall–Kier alpha value is -5.44. The number of methoxy groups -OCH3 is 1. The lowest BCUT2D eigenvalue weighted by molar-refractivity contribution is 0.0513. The molecule has 14 heteroatoms. The quantitative estimate of drug-likeness (QED) is 0.0683. The average molecular weight is 849 g/mol. The maximum absolute atomic E-state index is 12.7. The van der Waals surface area contributed by atoms with Crippen molar-refractivity contribution in [1.29, 1.82) is 0 Å². The molecule has 2 aromatic heterocycles. The maximum atomic E-state index is 12.7. The van der Waals surface area contributed by atoms with Crippen molar-refractivity contribution in [3.05, 3.63) is 95.1 Å². The maximum Gasteiger partial charge on any atom is 0.407 e. The number of amides is 1. The largest absolute Gasteiger partial charge is 0.494 e. The summed E-state index contributed by atoms with van der Waals surface area (Å²) in [6, 6.07) is 25.3. The van der Waals surface area contributed by atoms with Crippen molar-refractivity contribution in [3.63, 3.8) is 0 Å². The second-order valence-corrected chi connectivity index (χ2v) is 17.6. The van der Waals surface area contributed by atoms with Crippen LogP contribution in [0.2, 0.25) is 0 Å². The van der Waals surface area contributed by atoms with Crippen LogP contribution < -0.4 is 30.3 Å². The molecule has 1 saturated heterocycles. The van der Waals surface area contributed by atoms with Gasteiger partial charge in [0.25, 0.3) is 0 Å². The van der Waals surface area contributed by atoms with Gasteiger partial charge in [0.15, 0.2) is 12.6 Å². The Bertz CT molecular complexity index is 2200. The molecule has 1 aliphatic heterocycles. The van der Waals surface area contributed by atoms with E-state index in [-0.39, 0.29) is 6.79 Å². The van der Waals surface area contributed by atoms with Crippen LogP contribution in [-0.4, -0.2) is 91.1 Å². The molecule has 2 fully saturated rings. The minimum absolute atomic E-state index is 0.148. The SMILES string of the molecule is COCOc1ccccc1-c1cc(N2CCN(Cc3ccc(OCCCN(c4cc(-c5scnc5C)ccc4CNC(=O)OC(C)(C)C)C4CCCC4)cc3)CC2)c(N)nn1. The first-order valence-electron chi connectivity index (χ1n) is 21.3. The van der Waals surface area contributed by atoms with E-state index in [1.165, 1.54) is 23.3 Å². The Labute approximate surface area is 364 Å². The first-order valence-corrected chi connectivity index (χ1v) is 22.2. The number of nitrogens with two attached hydrogens (primary N) is 1. The number of nitrogen functional groups attached to an aromatic ring is 1. The number of rotatable bonds is 17. The van der Waals surface area contributed by atoms with E-state index in [0.29, 0.717) is 36.5 Å². The molecule has 0 unspecified atom stereocenters. The van der Waals surface area contributed by atoms with Crippen LogP contribution in [0.3, 0.4) is 0 Å². The molecular weight excluding hydrogens is 789 g/mol. The summed E-state index contributed by atoms with van der Waals surface area (Å²) in [4.78, 5) is 25.7. The number of piperazine rings is 1. The monoisotopic (exact) mass is 848 g/mol. The van der Waals surface area contributed by atoms with E-state index in [9.17, 15) is 4.79 Å². The molecule has 324 valence electrons. The van der Waals surface area contributed by atoms with Gasteiger partial charge >= 0.3 is 6.09 Å². The number of alkyl carbamates (subject to hydrolysis) is 1. The zero-order chi connectivity index (χ0) is 42.8. The van der Waals surface area contributed by atoms with Crippen molar-refractivity contribution in [2.45, 2.75) is 84.5 Å². The normalized spacial score (nSPS) is 14.9. The fourth-order valence-electron chi connectivity index (χ4n) is 8.12. The van der Waals surface area contributed by atoms with Gasteiger partial charge in [-0.2, -0.15) is 0 Å². The minimum Gasteiger partial charge on any atom is -0.494 e. The Kier molecular flexibility index (Phi) is 14.6. The summed E-state index contributed by atoms with van der Waals surface area (Å²) in [5.74, 6) is 1.97. The summed E-state index contributed by atoms with van der Waals surface area (Å²) in [6.07, 6.45) is 5.18. The van der Waals surface area contributed by atoms with E-state index >= 15 is 0 Å². The third-order valence-corrected chi connectivity index (χ3v) is 12.1. The number of aryl methyl sites for hydroxylation is 1. The zero-order valence-electron chi connectivity index (χ0n) is 36.2. The average Bonchev–Trinajstić information content (AvgIpc) is 3.95. The van der Waals surface area contributed by atoms with Crippen LogP contribution in [0.4, 0.5) is 22.0 Å². The molecule has 0 spiro atoms. The third kappa shape index (κ3) is 11.7. The van der Waals surface area contributed by atoms with Crippen LogP contribution in [0, 0.1) is 6.92 Å². The van der Waals surface area contributed by atoms with E-state index in [2.05, 4.69) is 84.6 Å². The zero-order valence-corrected chi connectivity index (χ0v) is 37.0.